The molecule has 0 spiro atoms. The fourth-order valence-corrected chi connectivity index (χ4v) is 7.68. The van der Waals surface area contributed by atoms with E-state index in [1.165, 1.54) is 12.1 Å². The van der Waals surface area contributed by atoms with Crippen LogP contribution in [0, 0.1) is 0 Å². The molecular formula is C54H56F38O7. The van der Waals surface area contributed by atoms with E-state index in [4.69, 9.17) is 10.2 Å². The number of carbonyl (C=O) groups is 2. The molecule has 0 unspecified atom stereocenters. The topological polar surface area (TPSA) is 124 Å². The first-order chi connectivity index (χ1) is 42.6. The van der Waals surface area contributed by atoms with Gasteiger partial charge in [0.1, 0.15) is 18.1 Å². The van der Waals surface area contributed by atoms with Gasteiger partial charge in [0.25, 0.3) is 0 Å². The Balaban J connectivity index is 0.00000162. The van der Waals surface area contributed by atoms with Gasteiger partial charge in [-0.2, -0.15) is 167 Å². The molecule has 2 rings (SSSR count). The monoisotopic (exact) mass is 1540 g/mol. The number of carboxylic acids is 1. The summed E-state index contributed by atoms with van der Waals surface area (Å²) >= 11 is 0. The van der Waals surface area contributed by atoms with Crippen LogP contribution in [0.1, 0.15) is 129 Å². The summed E-state index contributed by atoms with van der Waals surface area (Å²) in [6.45, 7) is 15.3. The Morgan fingerprint density at radius 1 is 0.313 bits per heavy atom. The number of aliphatic hydroxyl groups is 1. The van der Waals surface area contributed by atoms with Gasteiger partial charge >= 0.3 is 119 Å². The Kier molecular flexibility index (Phi) is 25.9. The number of phenols is 2. The van der Waals surface area contributed by atoms with Gasteiger partial charge in [-0.15, -0.1) is 0 Å². The number of hydrogen-bond donors (Lipinski definition) is 4. The quantitative estimate of drug-likeness (QED) is 0.0645. The third-order valence-corrected chi connectivity index (χ3v) is 13.8. The molecule has 4 N–H and O–H groups in total. The molecule has 0 saturated carbocycles. The van der Waals surface area contributed by atoms with Gasteiger partial charge in [0.2, 0.25) is 0 Å². The zero-order valence-corrected chi connectivity index (χ0v) is 51.9. The molecule has 2 aromatic carbocycles. The van der Waals surface area contributed by atoms with Crippen molar-refractivity contribution in [1.29, 1.82) is 0 Å². The van der Waals surface area contributed by atoms with Gasteiger partial charge in [-0.1, -0.05) is 107 Å². The highest BCUT2D eigenvalue weighted by atomic mass is 19.5. The molecule has 7 nitrogen and oxygen atoms in total. The molecule has 0 fully saturated rings. The van der Waals surface area contributed by atoms with Crippen LogP contribution in [-0.4, -0.2) is 153 Å². The van der Waals surface area contributed by atoms with E-state index in [0.717, 1.165) is 16.7 Å². The first-order valence-corrected chi connectivity index (χ1v) is 26.5. The van der Waals surface area contributed by atoms with Crippen LogP contribution in [0.15, 0.2) is 24.3 Å². The highest BCUT2D eigenvalue weighted by Crippen LogP contribution is 2.68. The lowest BCUT2D eigenvalue weighted by Crippen LogP contribution is -2.76. The van der Waals surface area contributed by atoms with E-state index in [1.54, 1.807) is 41.5 Å². The molecule has 99 heavy (non-hydrogen) atoms. The number of benzene rings is 2. The minimum atomic E-state index is -9.03. The summed E-state index contributed by atoms with van der Waals surface area (Å²) in [6, 6.07) is 6.53. The molecule has 45 heteroatoms. The van der Waals surface area contributed by atoms with E-state index in [0.29, 0.717) is 23.3 Å². The molecular weight excluding hydrogens is 1480 g/mol. The number of phenolic OH excluding ortho intramolecular Hbond substituents is 2. The summed E-state index contributed by atoms with van der Waals surface area (Å²) in [5, 5.41) is 37.8. The SMILES string of the molecule is CC(C)(C)c1cc(CCC(=O)O)cc(C(C)(C)C)c1O.CC(C)(C)c1cc(CCC(=O)OCC(F)(F)C(F)(F)C(F)(F)C(F)(F)C(F)(F)C(F)(F)C(F)(F)C(F)(F)C(F)(F)F)cc(C(C)(C)C)c1O.OCC(F)(F)C(F)(F)C(F)(F)C(F)(F)C(F)(F)C(F)(F)C(F)(F)C(F)(F)C(F)(F)F. The fourth-order valence-electron chi connectivity index (χ4n) is 7.68. The molecule has 2 aromatic rings. The van der Waals surface area contributed by atoms with Crippen molar-refractivity contribution in [2.45, 2.75) is 238 Å². The second kappa shape index (κ2) is 27.5. The Bertz CT molecular complexity index is 3060. The first-order valence-electron chi connectivity index (χ1n) is 26.5. The average molecular weight is 1540 g/mol. The van der Waals surface area contributed by atoms with Crippen molar-refractivity contribution in [3.05, 3.63) is 57.6 Å². The number of aryl methyl sites for hydroxylation is 2. The first kappa shape index (κ1) is 93.3. The van der Waals surface area contributed by atoms with Crippen LogP contribution in [0.4, 0.5) is 167 Å². The molecule has 0 bridgehead atoms. The number of aliphatic carboxylic acids is 1. The van der Waals surface area contributed by atoms with Gasteiger partial charge in [-0.05, 0) is 67.9 Å². The Morgan fingerprint density at radius 2 is 0.505 bits per heavy atom. The normalized spacial score (nSPS) is 15.3. The van der Waals surface area contributed by atoms with Crippen molar-refractivity contribution in [3.8, 4) is 11.5 Å². The van der Waals surface area contributed by atoms with E-state index >= 15 is 0 Å². The summed E-state index contributed by atoms with van der Waals surface area (Å²) in [6.07, 6.45) is -16.8. The van der Waals surface area contributed by atoms with Crippen LogP contribution >= 0.6 is 0 Å². The van der Waals surface area contributed by atoms with Crippen molar-refractivity contribution in [3.63, 3.8) is 0 Å². The smallest absolute Gasteiger partial charge is 0.460 e. The fraction of sp³-hybridized carbons (Fsp3) is 0.741. The van der Waals surface area contributed by atoms with Gasteiger partial charge in [-0.3, -0.25) is 9.59 Å². The third kappa shape index (κ3) is 16.5. The Morgan fingerprint density at radius 3 is 0.697 bits per heavy atom. The number of ether oxygens (including phenoxy) is 1. The molecule has 0 saturated heterocycles. The molecule has 0 aliphatic rings. The number of esters is 1. The molecule has 0 aliphatic carbocycles. The van der Waals surface area contributed by atoms with E-state index in [-0.39, 0.29) is 28.6 Å². The predicted molar refractivity (Wildman–Crippen MR) is 265 cm³/mol. The standard InChI is InChI=1S/C27H27F19O3.C17H26O3.C10H3F19O/c1-17(2,3)13-9-12(10-14(16(13)48)18(4,5)6)7-8-15(47)49-11-19(28,29)20(30,31)21(32,33)22(34,35)23(36,37)24(38,39)25(40,41)26(42,43)27(44,45)46;1-16(2,3)12-9-11(7-8-14(18)19)10-13(15(12)20)17(4,5)6;11-2(12,1-30)3(13,14)4(15,16)5(17,18)6(19,20)7(21,22)8(23,24)9(25,26)10(27,28)29/h9-10,48H,7-8,11H2,1-6H3;9-10,20H,7-8H2,1-6H3,(H,18,19);30H,1H2. The second-order valence-electron chi connectivity index (χ2n) is 25.7. The minimum absolute atomic E-state index is 0.109. The third-order valence-electron chi connectivity index (χ3n) is 13.8. The van der Waals surface area contributed by atoms with E-state index < -0.39 is 156 Å². The number of aliphatic hydroxyl groups excluding tert-OH is 1. The van der Waals surface area contributed by atoms with Crippen molar-refractivity contribution in [1.82, 2.24) is 0 Å². The maximum atomic E-state index is 14.1. The highest BCUT2D eigenvalue weighted by molar-refractivity contribution is 5.70. The summed E-state index contributed by atoms with van der Waals surface area (Å²) in [5.41, 5.74) is 1.63. The van der Waals surface area contributed by atoms with Crippen LogP contribution in [0.3, 0.4) is 0 Å². The number of aromatic hydroxyl groups is 2. The van der Waals surface area contributed by atoms with Crippen molar-refractivity contribution >= 4 is 11.9 Å². The molecule has 580 valence electrons. The molecule has 0 radical (unpaired) electrons. The van der Waals surface area contributed by atoms with Gasteiger partial charge < -0.3 is 25.2 Å². The number of alkyl halides is 38. The van der Waals surface area contributed by atoms with Crippen molar-refractivity contribution < 1.29 is 202 Å². The largest absolute Gasteiger partial charge is 0.507 e. The number of carbonyl (C=O) groups excluding carboxylic acids is 1. The lowest BCUT2D eigenvalue weighted by atomic mass is 9.78. The zero-order valence-electron chi connectivity index (χ0n) is 51.9. The summed E-state index contributed by atoms with van der Waals surface area (Å²) in [5.74, 6) is -137. The number of carboxylic acid groups (broad SMARTS) is 1. The summed E-state index contributed by atoms with van der Waals surface area (Å²) in [4.78, 5) is 22.7. The van der Waals surface area contributed by atoms with Gasteiger partial charge in [0.05, 0.1) is 0 Å². The minimum Gasteiger partial charge on any atom is -0.507 e. The molecule has 0 atom stereocenters. The average Bonchev–Trinajstić information content (AvgIpc) is 0.696. The van der Waals surface area contributed by atoms with E-state index in [9.17, 15) is 187 Å². The molecule has 0 heterocycles. The lowest BCUT2D eigenvalue weighted by Gasteiger charge is -2.43. The zero-order chi connectivity index (χ0) is 80.6. The van der Waals surface area contributed by atoms with Gasteiger partial charge in [0.15, 0.2) is 6.61 Å². The molecule has 0 aliphatic heterocycles. The number of halogens is 38. The van der Waals surface area contributed by atoms with Crippen LogP contribution in [0.2, 0.25) is 0 Å². The predicted octanol–water partition coefficient (Wildman–Crippen LogP) is 19.7. The van der Waals surface area contributed by atoms with Crippen molar-refractivity contribution in [2.24, 2.45) is 0 Å². The van der Waals surface area contributed by atoms with Crippen LogP contribution in [0.5, 0.6) is 11.5 Å². The second-order valence-corrected chi connectivity index (χ2v) is 25.7. The maximum Gasteiger partial charge on any atom is 0.460 e. The van der Waals surface area contributed by atoms with Gasteiger partial charge in [-0.25, -0.2) is 0 Å². The number of hydrogen-bond acceptors (Lipinski definition) is 6. The van der Waals surface area contributed by atoms with Crippen LogP contribution < -0.4 is 0 Å². The lowest BCUT2D eigenvalue weighted by molar-refractivity contribution is -0.469. The molecule has 0 aromatic heterocycles. The Labute approximate surface area is 533 Å². The van der Waals surface area contributed by atoms with Crippen LogP contribution in [0.25, 0.3) is 0 Å². The highest BCUT2D eigenvalue weighted by Gasteiger charge is 2.98. The maximum absolute atomic E-state index is 14.1. The Hall–Kier alpha value is -5.72. The molecule has 0 amide bonds. The van der Waals surface area contributed by atoms with Crippen LogP contribution in [-0.2, 0) is 48.8 Å². The van der Waals surface area contributed by atoms with Gasteiger partial charge in [0, 0.05) is 12.8 Å². The summed E-state index contributed by atoms with van der Waals surface area (Å²) in [7, 11) is 0. The summed E-state index contributed by atoms with van der Waals surface area (Å²) < 4.78 is 501. The number of rotatable bonds is 23. The van der Waals surface area contributed by atoms with E-state index in [2.05, 4.69) is 46.3 Å². The van der Waals surface area contributed by atoms with E-state index in [1.807, 2.05) is 12.1 Å². The van der Waals surface area contributed by atoms with Crippen molar-refractivity contribution in [2.75, 3.05) is 13.2 Å².